The SMILES string of the molecule is CC1CCCC(N)C1C.CC1CCCC(N)C1C.CC1CCCC(N)C1C.CS(=O)(=O)O.CS(=O)(=O)O.CS(=O)(=O)O. The van der Waals surface area contributed by atoms with E-state index in [-0.39, 0.29) is 0 Å². The molecule has 9 atom stereocenters. The highest BCUT2D eigenvalue weighted by Crippen LogP contribution is 2.29. The molecule has 12 nitrogen and oxygen atoms in total. The Morgan fingerprint density at radius 1 is 0.429 bits per heavy atom. The first-order valence-corrected chi connectivity index (χ1v) is 20.2. The third-order valence-corrected chi connectivity index (χ3v) is 8.31. The molecule has 0 spiro atoms. The van der Waals surface area contributed by atoms with Gasteiger partial charge in [0.05, 0.1) is 18.8 Å². The van der Waals surface area contributed by atoms with E-state index in [1.54, 1.807) is 0 Å². The average Bonchev–Trinajstić information content (AvgIpc) is 2.77. The zero-order valence-electron chi connectivity index (χ0n) is 27.3. The maximum atomic E-state index is 9.19. The van der Waals surface area contributed by atoms with Gasteiger partial charge in [-0.2, -0.15) is 25.3 Å². The smallest absolute Gasteiger partial charge is 0.261 e. The predicted octanol–water partition coefficient (Wildman–Crippen LogP) is 3.82. The van der Waals surface area contributed by atoms with Crippen LogP contribution in [0.25, 0.3) is 0 Å². The quantitative estimate of drug-likeness (QED) is 0.202. The largest absolute Gasteiger partial charge is 0.327 e. The van der Waals surface area contributed by atoms with E-state index in [9.17, 15) is 25.3 Å². The first-order chi connectivity index (χ1) is 18.6. The average molecular weight is 670 g/mol. The van der Waals surface area contributed by atoms with Gasteiger partial charge in [-0.15, -0.1) is 0 Å². The molecular weight excluding hydrogens is 607 g/mol. The van der Waals surface area contributed by atoms with E-state index in [0.29, 0.717) is 36.9 Å². The van der Waals surface area contributed by atoms with Crippen LogP contribution in [0.15, 0.2) is 0 Å². The molecule has 3 rings (SSSR count). The fourth-order valence-corrected chi connectivity index (χ4v) is 4.87. The summed E-state index contributed by atoms with van der Waals surface area (Å²) in [5.74, 6) is 4.81. The molecule has 0 saturated heterocycles. The van der Waals surface area contributed by atoms with Gasteiger partial charge in [-0.3, -0.25) is 13.7 Å². The molecule has 258 valence electrons. The van der Waals surface area contributed by atoms with Crippen LogP contribution in [0.1, 0.15) is 99.3 Å². The van der Waals surface area contributed by atoms with Crippen LogP contribution >= 0.6 is 0 Å². The van der Waals surface area contributed by atoms with Gasteiger partial charge in [-0.1, -0.05) is 80.1 Å². The topological polar surface area (TPSA) is 241 Å². The standard InChI is InChI=1S/3C8H17N.3CH4O3S/c3*1-6-4-3-5-8(9)7(6)2;3*1-5(2,3)4/h3*6-8H,3-5,9H2,1-2H3;3*1H3,(H,2,3,4). The van der Waals surface area contributed by atoms with Gasteiger partial charge in [-0.05, 0) is 54.8 Å². The van der Waals surface area contributed by atoms with E-state index < -0.39 is 30.4 Å². The Hall–Kier alpha value is -0.390. The van der Waals surface area contributed by atoms with Crippen molar-refractivity contribution in [2.24, 2.45) is 52.7 Å². The van der Waals surface area contributed by atoms with Crippen molar-refractivity contribution in [3.8, 4) is 0 Å². The van der Waals surface area contributed by atoms with Crippen LogP contribution in [0, 0.1) is 35.5 Å². The molecule has 0 heterocycles. The summed E-state index contributed by atoms with van der Waals surface area (Å²) >= 11 is 0. The molecular formula is C27H63N3O9S3. The normalized spacial score (nSPS) is 33.1. The van der Waals surface area contributed by atoms with E-state index in [2.05, 4.69) is 41.5 Å². The molecule has 0 radical (unpaired) electrons. The lowest BCUT2D eigenvalue weighted by Crippen LogP contribution is -2.35. The van der Waals surface area contributed by atoms with Gasteiger partial charge in [0.25, 0.3) is 30.4 Å². The van der Waals surface area contributed by atoms with Crippen molar-refractivity contribution in [2.75, 3.05) is 18.8 Å². The Morgan fingerprint density at radius 2 is 0.571 bits per heavy atom. The Morgan fingerprint density at radius 3 is 0.667 bits per heavy atom. The van der Waals surface area contributed by atoms with Crippen LogP contribution in [0.4, 0.5) is 0 Å². The lowest BCUT2D eigenvalue weighted by molar-refractivity contribution is 0.240. The molecule has 15 heteroatoms. The minimum absolute atomic E-state index is 0.480. The molecule has 0 aromatic rings. The van der Waals surface area contributed by atoms with Crippen LogP contribution in [0.3, 0.4) is 0 Å². The minimum atomic E-state index is -3.67. The molecule has 0 bridgehead atoms. The second kappa shape index (κ2) is 22.2. The highest BCUT2D eigenvalue weighted by Gasteiger charge is 2.24. The molecule has 9 N–H and O–H groups in total. The second-order valence-corrected chi connectivity index (χ2v) is 16.9. The van der Waals surface area contributed by atoms with Gasteiger partial charge in [0.15, 0.2) is 0 Å². The summed E-state index contributed by atoms with van der Waals surface area (Å²) in [7, 11) is -11.0. The van der Waals surface area contributed by atoms with Gasteiger partial charge >= 0.3 is 0 Å². The summed E-state index contributed by atoms with van der Waals surface area (Å²) in [4.78, 5) is 0. The van der Waals surface area contributed by atoms with E-state index >= 15 is 0 Å². The van der Waals surface area contributed by atoms with Gasteiger partial charge in [0.2, 0.25) is 0 Å². The van der Waals surface area contributed by atoms with E-state index in [4.69, 9.17) is 30.9 Å². The van der Waals surface area contributed by atoms with Gasteiger partial charge in [0, 0.05) is 18.1 Å². The molecule has 0 amide bonds. The third-order valence-electron chi connectivity index (χ3n) is 8.31. The van der Waals surface area contributed by atoms with E-state index in [1.165, 1.54) is 57.8 Å². The lowest BCUT2D eigenvalue weighted by atomic mass is 9.78. The minimum Gasteiger partial charge on any atom is -0.327 e. The molecule has 3 saturated carbocycles. The second-order valence-electron chi connectivity index (χ2n) is 12.5. The number of nitrogens with two attached hydrogens (primary N) is 3. The zero-order valence-corrected chi connectivity index (χ0v) is 29.8. The van der Waals surface area contributed by atoms with Crippen molar-refractivity contribution in [1.29, 1.82) is 0 Å². The predicted molar refractivity (Wildman–Crippen MR) is 173 cm³/mol. The summed E-state index contributed by atoms with van der Waals surface area (Å²) in [6.45, 7) is 13.7. The van der Waals surface area contributed by atoms with Crippen LogP contribution in [0.5, 0.6) is 0 Å². The molecule has 3 aliphatic carbocycles. The highest BCUT2D eigenvalue weighted by atomic mass is 32.2. The first-order valence-electron chi connectivity index (χ1n) is 14.7. The fourth-order valence-electron chi connectivity index (χ4n) is 4.87. The Balaban J connectivity index is -0.000000446. The van der Waals surface area contributed by atoms with Crippen molar-refractivity contribution in [3.05, 3.63) is 0 Å². The highest BCUT2D eigenvalue weighted by molar-refractivity contribution is 7.85. The number of hydrogen-bond acceptors (Lipinski definition) is 9. The zero-order chi connectivity index (χ0) is 34.1. The molecule has 9 unspecified atom stereocenters. The Kier molecular flexibility index (Phi) is 24.3. The van der Waals surface area contributed by atoms with E-state index in [0.717, 1.165) is 35.5 Å². The number of hydrogen-bond donors (Lipinski definition) is 6. The molecule has 0 aliphatic heterocycles. The van der Waals surface area contributed by atoms with Gasteiger partial charge < -0.3 is 17.2 Å². The summed E-state index contributed by atoms with van der Waals surface area (Å²) in [5, 5.41) is 0. The molecule has 3 fully saturated rings. The molecule has 0 aromatic heterocycles. The van der Waals surface area contributed by atoms with Crippen molar-refractivity contribution < 1.29 is 38.9 Å². The van der Waals surface area contributed by atoms with Crippen LogP contribution in [0.2, 0.25) is 0 Å². The summed E-state index contributed by atoms with van der Waals surface area (Å²) < 4.78 is 77.6. The van der Waals surface area contributed by atoms with Crippen molar-refractivity contribution in [1.82, 2.24) is 0 Å². The lowest BCUT2D eigenvalue weighted by Gasteiger charge is -2.31. The van der Waals surface area contributed by atoms with Crippen LogP contribution < -0.4 is 17.2 Å². The van der Waals surface area contributed by atoms with Crippen molar-refractivity contribution in [2.45, 2.75) is 117 Å². The Bertz CT molecular complexity index is 827. The van der Waals surface area contributed by atoms with Crippen molar-refractivity contribution in [3.63, 3.8) is 0 Å². The maximum absolute atomic E-state index is 9.19. The summed E-state index contributed by atoms with van der Waals surface area (Å²) in [6.07, 6.45) is 14.0. The maximum Gasteiger partial charge on any atom is 0.261 e. The van der Waals surface area contributed by atoms with Crippen molar-refractivity contribution >= 4 is 30.4 Å². The van der Waals surface area contributed by atoms with Crippen LogP contribution in [-0.4, -0.2) is 75.8 Å². The molecule has 42 heavy (non-hydrogen) atoms. The summed E-state index contributed by atoms with van der Waals surface area (Å²) in [6, 6.07) is 1.44. The van der Waals surface area contributed by atoms with E-state index in [1.807, 2.05) is 0 Å². The fraction of sp³-hybridized carbons (Fsp3) is 1.00. The number of rotatable bonds is 0. The van der Waals surface area contributed by atoms with Gasteiger partial charge in [-0.25, -0.2) is 0 Å². The van der Waals surface area contributed by atoms with Crippen LogP contribution in [-0.2, 0) is 30.4 Å². The first kappa shape index (κ1) is 46.0. The van der Waals surface area contributed by atoms with Gasteiger partial charge in [0.1, 0.15) is 0 Å². The molecule has 0 aromatic carbocycles. The Labute approximate surface area is 257 Å². The third kappa shape index (κ3) is 34.1. The summed E-state index contributed by atoms with van der Waals surface area (Å²) in [5.41, 5.74) is 17.6. The monoisotopic (exact) mass is 669 g/mol. The molecule has 3 aliphatic rings.